The molecule has 0 fully saturated rings. The van der Waals surface area contributed by atoms with E-state index in [0.717, 1.165) is 23.3 Å². The molecule has 0 aliphatic carbocycles. The molecular weight excluding hydrogens is 293 g/mol. The number of nitrogens with one attached hydrogen (secondary N) is 2. The summed E-state index contributed by atoms with van der Waals surface area (Å²) in [6.07, 6.45) is 0. The predicted molar refractivity (Wildman–Crippen MR) is 77.8 cm³/mol. The Hall–Kier alpha value is -2.34. The van der Waals surface area contributed by atoms with Crippen molar-refractivity contribution in [2.75, 3.05) is 11.9 Å². The van der Waals surface area contributed by atoms with Crippen LogP contribution in [-0.4, -0.2) is 12.5 Å². The molecule has 0 radical (unpaired) electrons. The van der Waals surface area contributed by atoms with Crippen LogP contribution in [0.5, 0.6) is 0 Å². The topological polar surface area (TPSA) is 41.1 Å². The van der Waals surface area contributed by atoms with Crippen LogP contribution >= 0.6 is 0 Å². The Kier molecular flexibility index (Phi) is 5.16. The van der Waals surface area contributed by atoms with Crippen LogP contribution in [0, 0.1) is 24.4 Å². The van der Waals surface area contributed by atoms with Gasteiger partial charge in [0.15, 0.2) is 17.5 Å². The van der Waals surface area contributed by atoms with Crippen LogP contribution < -0.4 is 10.6 Å². The molecule has 0 aliphatic heterocycles. The number of anilines is 1. The summed E-state index contributed by atoms with van der Waals surface area (Å²) in [5.41, 5.74) is 1.73. The Balaban J connectivity index is 1.89. The summed E-state index contributed by atoms with van der Waals surface area (Å²) in [5.74, 6) is -4.86. The van der Waals surface area contributed by atoms with Crippen LogP contribution in [0.4, 0.5) is 18.9 Å². The Morgan fingerprint density at radius 3 is 2.50 bits per heavy atom. The van der Waals surface area contributed by atoms with Crippen molar-refractivity contribution < 1.29 is 18.0 Å². The fraction of sp³-hybridized carbons (Fsp3) is 0.188. The number of halogens is 3. The molecule has 116 valence electrons. The molecule has 0 saturated carbocycles. The average molecular weight is 308 g/mol. The molecule has 1 amide bonds. The maximum Gasteiger partial charge on any atom is 0.238 e. The number of hydrogen-bond acceptors (Lipinski definition) is 2. The molecule has 0 spiro atoms. The molecule has 0 aromatic heterocycles. The van der Waals surface area contributed by atoms with Crippen molar-refractivity contribution in [2.24, 2.45) is 0 Å². The van der Waals surface area contributed by atoms with Gasteiger partial charge in [0.1, 0.15) is 0 Å². The summed E-state index contributed by atoms with van der Waals surface area (Å²) >= 11 is 0. The lowest BCUT2D eigenvalue weighted by molar-refractivity contribution is -0.115. The van der Waals surface area contributed by atoms with Gasteiger partial charge in [-0.05, 0) is 30.2 Å². The predicted octanol–water partition coefficient (Wildman–Crippen LogP) is 3.14. The van der Waals surface area contributed by atoms with E-state index in [-0.39, 0.29) is 12.2 Å². The molecule has 0 aliphatic rings. The molecule has 0 bridgehead atoms. The molecule has 0 unspecified atom stereocenters. The van der Waals surface area contributed by atoms with Crippen molar-refractivity contribution in [1.29, 1.82) is 0 Å². The quantitative estimate of drug-likeness (QED) is 0.833. The second-order valence-electron chi connectivity index (χ2n) is 4.80. The first-order chi connectivity index (χ1) is 10.5. The molecular formula is C16H15F3N2O. The first kappa shape index (κ1) is 16.0. The fourth-order valence-corrected chi connectivity index (χ4v) is 1.94. The van der Waals surface area contributed by atoms with E-state index < -0.39 is 23.4 Å². The van der Waals surface area contributed by atoms with Gasteiger partial charge in [-0.25, -0.2) is 13.2 Å². The number of rotatable bonds is 5. The lowest BCUT2D eigenvalue weighted by Gasteiger charge is -2.09. The normalized spacial score (nSPS) is 10.5. The molecule has 0 atom stereocenters. The van der Waals surface area contributed by atoms with Gasteiger partial charge in [0.2, 0.25) is 5.91 Å². The van der Waals surface area contributed by atoms with Gasteiger partial charge < -0.3 is 10.6 Å². The van der Waals surface area contributed by atoms with Gasteiger partial charge in [-0.3, -0.25) is 4.79 Å². The number of amides is 1. The third kappa shape index (κ3) is 3.85. The van der Waals surface area contributed by atoms with Crippen molar-refractivity contribution in [3.63, 3.8) is 0 Å². The van der Waals surface area contributed by atoms with E-state index >= 15 is 0 Å². The molecule has 22 heavy (non-hydrogen) atoms. The van der Waals surface area contributed by atoms with Crippen LogP contribution in [0.1, 0.15) is 11.1 Å². The van der Waals surface area contributed by atoms with E-state index in [9.17, 15) is 18.0 Å². The molecule has 0 heterocycles. The van der Waals surface area contributed by atoms with E-state index in [1.54, 1.807) is 0 Å². The first-order valence-electron chi connectivity index (χ1n) is 6.67. The molecule has 6 heteroatoms. The Bertz CT molecular complexity index is 689. The summed E-state index contributed by atoms with van der Waals surface area (Å²) in [7, 11) is 0. The zero-order valence-electron chi connectivity index (χ0n) is 11.9. The number of benzene rings is 2. The zero-order chi connectivity index (χ0) is 16.1. The smallest absolute Gasteiger partial charge is 0.238 e. The van der Waals surface area contributed by atoms with Crippen LogP contribution in [0.25, 0.3) is 0 Å². The summed E-state index contributed by atoms with van der Waals surface area (Å²) in [4.78, 5) is 11.7. The highest BCUT2D eigenvalue weighted by Crippen LogP contribution is 2.19. The van der Waals surface area contributed by atoms with Gasteiger partial charge >= 0.3 is 0 Å². The third-order valence-electron chi connectivity index (χ3n) is 3.17. The van der Waals surface area contributed by atoms with Crippen LogP contribution in [0.2, 0.25) is 0 Å². The monoisotopic (exact) mass is 308 g/mol. The number of aryl methyl sites for hydroxylation is 1. The van der Waals surface area contributed by atoms with Crippen LogP contribution in [-0.2, 0) is 11.3 Å². The molecule has 3 nitrogen and oxygen atoms in total. The highest BCUT2D eigenvalue weighted by Gasteiger charge is 2.14. The number of hydrogen-bond donors (Lipinski definition) is 2. The molecule has 2 aromatic rings. The third-order valence-corrected chi connectivity index (χ3v) is 3.17. The zero-order valence-corrected chi connectivity index (χ0v) is 11.9. The Morgan fingerprint density at radius 1 is 1.05 bits per heavy atom. The van der Waals surface area contributed by atoms with Gasteiger partial charge in [0.25, 0.3) is 0 Å². The average Bonchev–Trinajstić information content (AvgIpc) is 2.50. The highest BCUT2D eigenvalue weighted by atomic mass is 19.2. The Labute approximate surface area is 126 Å². The van der Waals surface area contributed by atoms with Crippen molar-refractivity contribution >= 4 is 11.6 Å². The SMILES string of the molecule is Cc1ccccc1CNCC(=O)Nc1ccc(F)c(F)c1F. The van der Waals surface area contributed by atoms with E-state index in [1.807, 2.05) is 31.2 Å². The van der Waals surface area contributed by atoms with Crippen molar-refractivity contribution in [3.05, 3.63) is 65.0 Å². The van der Waals surface area contributed by atoms with Crippen LogP contribution in [0.3, 0.4) is 0 Å². The lowest BCUT2D eigenvalue weighted by atomic mass is 10.1. The van der Waals surface area contributed by atoms with E-state index in [1.165, 1.54) is 0 Å². The van der Waals surface area contributed by atoms with Crippen molar-refractivity contribution in [2.45, 2.75) is 13.5 Å². The minimum absolute atomic E-state index is 0.0766. The van der Waals surface area contributed by atoms with Crippen LogP contribution in [0.15, 0.2) is 36.4 Å². The highest BCUT2D eigenvalue weighted by molar-refractivity contribution is 5.92. The lowest BCUT2D eigenvalue weighted by Crippen LogP contribution is -2.28. The summed E-state index contributed by atoms with van der Waals surface area (Å²) in [5, 5.41) is 5.10. The minimum Gasteiger partial charge on any atom is -0.322 e. The van der Waals surface area contributed by atoms with Crippen molar-refractivity contribution in [1.82, 2.24) is 5.32 Å². The van der Waals surface area contributed by atoms with E-state index in [0.29, 0.717) is 6.54 Å². The second kappa shape index (κ2) is 7.09. The maximum absolute atomic E-state index is 13.4. The maximum atomic E-state index is 13.4. The number of carbonyl (C=O) groups excluding carboxylic acids is 1. The minimum atomic E-state index is -1.61. The van der Waals surface area contributed by atoms with Gasteiger partial charge in [0, 0.05) is 6.54 Å². The largest absolute Gasteiger partial charge is 0.322 e. The summed E-state index contributed by atoms with van der Waals surface area (Å²) < 4.78 is 39.2. The van der Waals surface area contributed by atoms with Gasteiger partial charge in [0.05, 0.1) is 12.2 Å². The van der Waals surface area contributed by atoms with E-state index in [4.69, 9.17) is 0 Å². The molecule has 0 saturated heterocycles. The number of carbonyl (C=O) groups is 1. The van der Waals surface area contributed by atoms with Crippen molar-refractivity contribution in [3.8, 4) is 0 Å². The van der Waals surface area contributed by atoms with Gasteiger partial charge in [-0.15, -0.1) is 0 Å². The summed E-state index contributed by atoms with van der Waals surface area (Å²) in [6.45, 7) is 2.35. The molecule has 2 N–H and O–H groups in total. The van der Waals surface area contributed by atoms with Gasteiger partial charge in [-0.2, -0.15) is 0 Å². The first-order valence-corrected chi connectivity index (χ1v) is 6.67. The fourth-order valence-electron chi connectivity index (χ4n) is 1.94. The molecule has 2 aromatic carbocycles. The second-order valence-corrected chi connectivity index (χ2v) is 4.80. The molecule has 2 rings (SSSR count). The Morgan fingerprint density at radius 2 is 1.77 bits per heavy atom. The van der Waals surface area contributed by atoms with Gasteiger partial charge in [-0.1, -0.05) is 24.3 Å². The summed E-state index contributed by atoms with van der Waals surface area (Å²) in [6, 6.07) is 9.42. The van der Waals surface area contributed by atoms with E-state index in [2.05, 4.69) is 10.6 Å². The standard InChI is InChI=1S/C16H15F3N2O/c1-10-4-2-3-5-11(10)8-20-9-14(22)21-13-7-6-12(17)15(18)16(13)19/h2-7,20H,8-9H2,1H3,(H,21,22).